The van der Waals surface area contributed by atoms with Crippen LogP contribution in [0.2, 0.25) is 0 Å². The Morgan fingerprint density at radius 3 is 2.58 bits per heavy atom. The molecule has 1 aliphatic heterocycles. The molecule has 1 N–H and O–H groups in total. The molecular formula is C20H20BrNO4. The topological polar surface area (TPSA) is 66.8 Å². The first kappa shape index (κ1) is 18.5. The number of carbonyl (C=O) groups excluding carboxylic acids is 1. The molecule has 2 unspecified atom stereocenters. The first-order chi connectivity index (χ1) is 12.5. The molecule has 2 aromatic rings. The molecule has 2 aromatic carbocycles. The number of carboxylic acids is 1. The SMILES string of the molecule is Cc1ccc(C2CN(C(=O)OCc3ccccc3)CC2C(=O)O)c(Br)c1. The van der Waals surface area contributed by atoms with Crippen LogP contribution in [0.1, 0.15) is 22.6 Å². The number of halogens is 1. The predicted molar refractivity (Wildman–Crippen MR) is 101 cm³/mol. The van der Waals surface area contributed by atoms with E-state index < -0.39 is 18.0 Å². The largest absolute Gasteiger partial charge is 0.481 e. The lowest BCUT2D eigenvalue weighted by molar-refractivity contribution is -0.141. The second-order valence-electron chi connectivity index (χ2n) is 6.52. The fraction of sp³-hybridized carbons (Fsp3) is 0.300. The number of hydrogen-bond acceptors (Lipinski definition) is 3. The lowest BCUT2D eigenvalue weighted by atomic mass is 9.88. The van der Waals surface area contributed by atoms with Crippen LogP contribution >= 0.6 is 15.9 Å². The fourth-order valence-electron chi connectivity index (χ4n) is 3.26. The Hall–Kier alpha value is -2.34. The van der Waals surface area contributed by atoms with E-state index in [0.29, 0.717) is 6.54 Å². The number of nitrogens with zero attached hydrogens (tertiary/aromatic N) is 1. The molecule has 0 spiro atoms. The third-order valence-electron chi connectivity index (χ3n) is 4.66. The summed E-state index contributed by atoms with van der Waals surface area (Å²) in [6.07, 6.45) is -0.481. The maximum absolute atomic E-state index is 12.4. The molecule has 1 saturated heterocycles. The van der Waals surface area contributed by atoms with Gasteiger partial charge in [0.25, 0.3) is 0 Å². The normalized spacial score (nSPS) is 19.4. The van der Waals surface area contributed by atoms with E-state index in [0.717, 1.165) is 21.2 Å². The standard InChI is InChI=1S/C20H20BrNO4/c1-13-7-8-15(18(21)9-13)16-10-22(11-17(16)19(23)24)20(25)26-12-14-5-3-2-4-6-14/h2-9,16-17H,10-12H2,1H3,(H,23,24). The van der Waals surface area contributed by atoms with Crippen molar-refractivity contribution < 1.29 is 19.4 Å². The average Bonchev–Trinajstić information content (AvgIpc) is 3.06. The van der Waals surface area contributed by atoms with E-state index >= 15 is 0 Å². The maximum Gasteiger partial charge on any atom is 0.410 e. The molecule has 136 valence electrons. The summed E-state index contributed by atoms with van der Waals surface area (Å²) >= 11 is 3.52. The van der Waals surface area contributed by atoms with Crippen LogP contribution in [0.4, 0.5) is 4.79 Å². The van der Waals surface area contributed by atoms with E-state index in [-0.39, 0.29) is 19.1 Å². The van der Waals surface area contributed by atoms with Crippen LogP contribution in [0, 0.1) is 12.8 Å². The zero-order valence-electron chi connectivity index (χ0n) is 14.4. The molecule has 1 aliphatic rings. The van der Waals surface area contributed by atoms with E-state index in [2.05, 4.69) is 15.9 Å². The van der Waals surface area contributed by atoms with Crippen molar-refractivity contribution in [3.05, 3.63) is 69.7 Å². The summed E-state index contributed by atoms with van der Waals surface area (Å²) in [5.41, 5.74) is 2.89. The Balaban J connectivity index is 1.72. The van der Waals surface area contributed by atoms with Gasteiger partial charge in [0.2, 0.25) is 0 Å². The summed E-state index contributed by atoms with van der Waals surface area (Å²) in [6.45, 7) is 2.62. The number of amides is 1. The number of likely N-dealkylation sites (tertiary alicyclic amines) is 1. The monoisotopic (exact) mass is 417 g/mol. The number of aliphatic carboxylic acids is 1. The van der Waals surface area contributed by atoms with E-state index in [1.807, 2.05) is 55.5 Å². The molecule has 26 heavy (non-hydrogen) atoms. The molecule has 3 rings (SSSR count). The number of aryl methyl sites for hydroxylation is 1. The molecule has 6 heteroatoms. The minimum absolute atomic E-state index is 0.147. The van der Waals surface area contributed by atoms with Crippen LogP contribution in [0.25, 0.3) is 0 Å². The van der Waals surface area contributed by atoms with Gasteiger partial charge in [-0.25, -0.2) is 4.79 Å². The van der Waals surface area contributed by atoms with Crippen molar-refractivity contribution in [1.82, 2.24) is 4.90 Å². The van der Waals surface area contributed by atoms with Crippen molar-refractivity contribution >= 4 is 28.0 Å². The highest BCUT2D eigenvalue weighted by molar-refractivity contribution is 9.10. The Labute approximate surface area is 160 Å². The van der Waals surface area contributed by atoms with Crippen LogP contribution in [0.3, 0.4) is 0 Å². The molecular weight excluding hydrogens is 398 g/mol. The molecule has 0 bridgehead atoms. The van der Waals surface area contributed by atoms with Gasteiger partial charge >= 0.3 is 12.1 Å². The zero-order valence-corrected chi connectivity index (χ0v) is 16.0. The number of carboxylic acid groups (broad SMARTS) is 1. The predicted octanol–water partition coefficient (Wildman–Crippen LogP) is 4.19. The molecule has 1 amide bonds. The second-order valence-corrected chi connectivity index (χ2v) is 7.38. The number of hydrogen-bond donors (Lipinski definition) is 1. The molecule has 2 atom stereocenters. The van der Waals surface area contributed by atoms with Gasteiger partial charge in [0.15, 0.2) is 0 Å². The Bertz CT molecular complexity index is 809. The van der Waals surface area contributed by atoms with Crippen LogP contribution in [0.5, 0.6) is 0 Å². The van der Waals surface area contributed by atoms with E-state index in [1.165, 1.54) is 4.90 Å². The Morgan fingerprint density at radius 2 is 1.92 bits per heavy atom. The summed E-state index contributed by atoms with van der Waals surface area (Å²) in [5, 5.41) is 9.60. The van der Waals surface area contributed by atoms with Crippen molar-refractivity contribution in [2.24, 2.45) is 5.92 Å². The Kier molecular flexibility index (Phi) is 5.61. The van der Waals surface area contributed by atoms with E-state index in [1.54, 1.807) is 0 Å². The second kappa shape index (κ2) is 7.91. The summed E-state index contributed by atoms with van der Waals surface area (Å²) in [5.74, 6) is -1.83. The molecule has 0 saturated carbocycles. The maximum atomic E-state index is 12.4. The summed E-state index contributed by atoms with van der Waals surface area (Å²) in [7, 11) is 0. The van der Waals surface area contributed by atoms with Crippen molar-refractivity contribution in [3.63, 3.8) is 0 Å². The average molecular weight is 418 g/mol. The van der Waals surface area contributed by atoms with E-state index in [9.17, 15) is 14.7 Å². The fourth-order valence-corrected chi connectivity index (χ4v) is 4.05. The number of benzene rings is 2. The number of rotatable bonds is 4. The van der Waals surface area contributed by atoms with Gasteiger partial charge in [-0.15, -0.1) is 0 Å². The van der Waals surface area contributed by atoms with E-state index in [4.69, 9.17) is 4.74 Å². The Morgan fingerprint density at radius 1 is 1.19 bits per heavy atom. The quantitative estimate of drug-likeness (QED) is 0.809. The van der Waals surface area contributed by atoms with Gasteiger partial charge in [-0.1, -0.05) is 58.4 Å². The van der Waals surface area contributed by atoms with Crippen molar-refractivity contribution in [2.45, 2.75) is 19.4 Å². The minimum atomic E-state index is -0.902. The van der Waals surface area contributed by atoms with Crippen LogP contribution in [-0.4, -0.2) is 35.2 Å². The molecule has 0 aromatic heterocycles. The van der Waals surface area contributed by atoms with Crippen molar-refractivity contribution in [2.75, 3.05) is 13.1 Å². The molecule has 0 radical (unpaired) electrons. The first-order valence-electron chi connectivity index (χ1n) is 8.40. The van der Waals surface area contributed by atoms with Crippen LogP contribution in [0.15, 0.2) is 53.0 Å². The van der Waals surface area contributed by atoms with Crippen LogP contribution < -0.4 is 0 Å². The van der Waals surface area contributed by atoms with Crippen molar-refractivity contribution in [3.8, 4) is 0 Å². The van der Waals surface area contributed by atoms with Gasteiger partial charge in [-0.05, 0) is 29.7 Å². The summed E-state index contributed by atoms with van der Waals surface area (Å²) < 4.78 is 6.22. The van der Waals surface area contributed by atoms with Gasteiger partial charge in [0.1, 0.15) is 6.61 Å². The van der Waals surface area contributed by atoms with Gasteiger partial charge in [-0.3, -0.25) is 4.79 Å². The first-order valence-corrected chi connectivity index (χ1v) is 9.19. The van der Waals surface area contributed by atoms with Gasteiger partial charge in [0, 0.05) is 23.5 Å². The lowest BCUT2D eigenvalue weighted by Crippen LogP contribution is -2.30. The highest BCUT2D eigenvalue weighted by Crippen LogP contribution is 2.37. The third kappa shape index (κ3) is 4.07. The van der Waals surface area contributed by atoms with Gasteiger partial charge in [-0.2, -0.15) is 0 Å². The van der Waals surface area contributed by atoms with Crippen molar-refractivity contribution in [1.29, 1.82) is 0 Å². The number of ether oxygens (including phenoxy) is 1. The summed E-state index contributed by atoms with van der Waals surface area (Å²) in [6, 6.07) is 15.3. The molecule has 5 nitrogen and oxygen atoms in total. The highest BCUT2D eigenvalue weighted by atomic mass is 79.9. The highest BCUT2D eigenvalue weighted by Gasteiger charge is 2.41. The van der Waals surface area contributed by atoms with Crippen LogP contribution in [-0.2, 0) is 16.1 Å². The smallest absolute Gasteiger partial charge is 0.410 e. The lowest BCUT2D eigenvalue weighted by Gasteiger charge is -2.17. The molecule has 1 heterocycles. The third-order valence-corrected chi connectivity index (χ3v) is 5.34. The summed E-state index contributed by atoms with van der Waals surface area (Å²) in [4.78, 5) is 25.6. The van der Waals surface area contributed by atoms with Gasteiger partial charge in [0.05, 0.1) is 5.92 Å². The number of carbonyl (C=O) groups is 2. The zero-order chi connectivity index (χ0) is 18.7. The molecule has 1 fully saturated rings. The molecule has 0 aliphatic carbocycles. The van der Waals surface area contributed by atoms with Gasteiger partial charge < -0.3 is 14.7 Å². The minimum Gasteiger partial charge on any atom is -0.481 e.